The zero-order valence-electron chi connectivity index (χ0n) is 59.0. The second kappa shape index (κ2) is 65.4. The minimum absolute atomic E-state index is 0.106. The average Bonchev–Trinajstić information content (AvgIpc) is 3.63. The van der Waals surface area contributed by atoms with Gasteiger partial charge >= 0.3 is 39.5 Å². The standard InChI is InChI=1S/C72H140O17P2/c1-6-9-12-15-18-21-23-24-25-26-27-28-29-30-31-32-33-37-43-48-53-58-72(77)89-68(62-83-70(75)56-51-46-41-38-34-35-39-44-49-54-65(4)5)64-87-91(80,81)85-60-66(73)59-84-90(78,79)86-63-67(61-82-69(74)55-50-45-40-20-17-14-11-8-3)88-71(76)57-52-47-42-36-22-19-16-13-10-7-2/h65-68,73H,6-64H2,1-5H3,(H,78,79)(H,80,81)/t66-,67+,68+/m0/s1. The Bertz CT molecular complexity index is 1750. The number of aliphatic hydroxyl groups excluding tert-OH is 1. The molecule has 0 saturated heterocycles. The molecule has 19 heteroatoms. The molecule has 540 valence electrons. The molecule has 0 fully saturated rings. The number of carbonyl (C=O) groups excluding carboxylic acids is 4. The molecule has 17 nitrogen and oxygen atoms in total. The molecule has 0 spiro atoms. The zero-order chi connectivity index (χ0) is 67.0. The van der Waals surface area contributed by atoms with Gasteiger partial charge < -0.3 is 33.8 Å². The predicted octanol–water partition coefficient (Wildman–Crippen LogP) is 20.9. The van der Waals surface area contributed by atoms with Crippen LogP contribution in [0.1, 0.15) is 375 Å². The molecular weight excluding hydrogens is 1200 g/mol. The molecule has 3 N–H and O–H groups in total. The maximum absolute atomic E-state index is 13.0. The summed E-state index contributed by atoms with van der Waals surface area (Å²) in [4.78, 5) is 72.5. The second-order valence-electron chi connectivity index (χ2n) is 26.5. The smallest absolute Gasteiger partial charge is 0.462 e. The van der Waals surface area contributed by atoms with Crippen LogP contribution >= 0.6 is 15.6 Å². The van der Waals surface area contributed by atoms with Crippen molar-refractivity contribution in [2.24, 2.45) is 5.92 Å². The molecule has 0 aliphatic rings. The summed E-state index contributed by atoms with van der Waals surface area (Å²) in [6.07, 6.45) is 52.9. The van der Waals surface area contributed by atoms with E-state index >= 15 is 0 Å². The summed E-state index contributed by atoms with van der Waals surface area (Å²) in [6, 6.07) is 0. The van der Waals surface area contributed by atoms with Gasteiger partial charge in [-0.2, -0.15) is 0 Å². The van der Waals surface area contributed by atoms with E-state index in [1.165, 1.54) is 193 Å². The zero-order valence-corrected chi connectivity index (χ0v) is 60.8. The minimum Gasteiger partial charge on any atom is -0.462 e. The lowest BCUT2D eigenvalue weighted by Gasteiger charge is -2.21. The van der Waals surface area contributed by atoms with Gasteiger partial charge in [-0.05, 0) is 31.6 Å². The quantitative estimate of drug-likeness (QED) is 0.0222. The third-order valence-corrected chi connectivity index (χ3v) is 18.7. The molecule has 0 aromatic carbocycles. The number of unbranched alkanes of at least 4 members (excludes halogenated alkanes) is 44. The molecule has 91 heavy (non-hydrogen) atoms. The van der Waals surface area contributed by atoms with Crippen LogP contribution in [-0.4, -0.2) is 96.7 Å². The monoisotopic (exact) mass is 1340 g/mol. The molecule has 0 aliphatic heterocycles. The summed E-state index contributed by atoms with van der Waals surface area (Å²) >= 11 is 0. The van der Waals surface area contributed by atoms with E-state index in [1.54, 1.807) is 0 Å². The number of phosphoric ester groups is 2. The van der Waals surface area contributed by atoms with Crippen molar-refractivity contribution in [3.8, 4) is 0 Å². The predicted molar refractivity (Wildman–Crippen MR) is 368 cm³/mol. The van der Waals surface area contributed by atoms with Crippen molar-refractivity contribution >= 4 is 39.5 Å². The SMILES string of the molecule is CCCCCCCCCCCCCCCCCCCCCCCC(=O)O[C@H](COC(=O)CCCCCCCCCCCC(C)C)COP(=O)(O)OC[C@@H](O)COP(=O)(O)OC[C@@H](COC(=O)CCCCCCCCCC)OC(=O)CCCCCCCCCCCC. The molecular formula is C72H140O17P2. The van der Waals surface area contributed by atoms with E-state index in [0.29, 0.717) is 25.7 Å². The Labute approximate surface area is 556 Å². The molecule has 5 atom stereocenters. The van der Waals surface area contributed by atoms with E-state index in [0.717, 1.165) is 102 Å². The Morgan fingerprint density at radius 3 is 0.747 bits per heavy atom. The van der Waals surface area contributed by atoms with Crippen LogP contribution in [0, 0.1) is 5.92 Å². The lowest BCUT2D eigenvalue weighted by atomic mass is 10.0. The van der Waals surface area contributed by atoms with Gasteiger partial charge in [0.25, 0.3) is 0 Å². The Morgan fingerprint density at radius 1 is 0.297 bits per heavy atom. The van der Waals surface area contributed by atoms with Gasteiger partial charge in [0.1, 0.15) is 19.3 Å². The number of carbonyl (C=O) groups is 4. The highest BCUT2D eigenvalue weighted by Crippen LogP contribution is 2.45. The van der Waals surface area contributed by atoms with Gasteiger partial charge in [0.15, 0.2) is 12.2 Å². The van der Waals surface area contributed by atoms with Gasteiger partial charge in [-0.3, -0.25) is 37.3 Å². The van der Waals surface area contributed by atoms with Crippen LogP contribution in [0.4, 0.5) is 0 Å². The maximum atomic E-state index is 13.0. The van der Waals surface area contributed by atoms with Crippen LogP contribution in [-0.2, 0) is 65.4 Å². The molecule has 0 amide bonds. The van der Waals surface area contributed by atoms with Crippen molar-refractivity contribution in [1.82, 2.24) is 0 Å². The van der Waals surface area contributed by atoms with Gasteiger partial charge in [-0.1, -0.05) is 324 Å². The van der Waals surface area contributed by atoms with Crippen molar-refractivity contribution < 1.29 is 80.2 Å². The molecule has 0 heterocycles. The van der Waals surface area contributed by atoms with Crippen LogP contribution < -0.4 is 0 Å². The fraction of sp³-hybridized carbons (Fsp3) is 0.944. The fourth-order valence-corrected chi connectivity index (χ4v) is 12.6. The first kappa shape index (κ1) is 89.1. The summed E-state index contributed by atoms with van der Waals surface area (Å²) in [6.45, 7) is 7.20. The van der Waals surface area contributed by atoms with Crippen molar-refractivity contribution in [3.63, 3.8) is 0 Å². The van der Waals surface area contributed by atoms with E-state index < -0.39 is 97.5 Å². The second-order valence-corrected chi connectivity index (χ2v) is 29.4. The number of esters is 4. The number of aliphatic hydroxyl groups is 1. The molecule has 2 unspecified atom stereocenters. The van der Waals surface area contributed by atoms with Crippen molar-refractivity contribution in [2.75, 3.05) is 39.6 Å². The van der Waals surface area contributed by atoms with E-state index in [9.17, 15) is 43.2 Å². The molecule has 0 saturated carbocycles. The van der Waals surface area contributed by atoms with Crippen molar-refractivity contribution in [1.29, 1.82) is 0 Å². The van der Waals surface area contributed by atoms with Gasteiger partial charge in [0.2, 0.25) is 0 Å². The third kappa shape index (κ3) is 66.5. The fourth-order valence-electron chi connectivity index (χ4n) is 11.0. The maximum Gasteiger partial charge on any atom is 0.472 e. The number of ether oxygens (including phenoxy) is 4. The van der Waals surface area contributed by atoms with E-state index in [1.807, 2.05) is 0 Å². The van der Waals surface area contributed by atoms with E-state index in [-0.39, 0.29) is 25.7 Å². The highest BCUT2D eigenvalue weighted by Gasteiger charge is 2.30. The van der Waals surface area contributed by atoms with Gasteiger partial charge in [0, 0.05) is 25.7 Å². The number of rotatable bonds is 72. The molecule has 0 bridgehead atoms. The minimum atomic E-state index is -4.95. The topological polar surface area (TPSA) is 237 Å². The van der Waals surface area contributed by atoms with Gasteiger partial charge in [-0.25, -0.2) is 9.13 Å². The molecule has 0 rings (SSSR count). The van der Waals surface area contributed by atoms with Gasteiger partial charge in [0.05, 0.1) is 26.4 Å². The van der Waals surface area contributed by atoms with Gasteiger partial charge in [-0.15, -0.1) is 0 Å². The van der Waals surface area contributed by atoms with Crippen LogP contribution in [0.25, 0.3) is 0 Å². The number of hydrogen-bond acceptors (Lipinski definition) is 15. The Hall–Kier alpha value is -1.94. The molecule has 0 radical (unpaired) electrons. The lowest BCUT2D eigenvalue weighted by molar-refractivity contribution is -0.161. The van der Waals surface area contributed by atoms with Crippen molar-refractivity contribution in [3.05, 3.63) is 0 Å². The van der Waals surface area contributed by atoms with Crippen LogP contribution in [0.15, 0.2) is 0 Å². The van der Waals surface area contributed by atoms with Crippen LogP contribution in [0.3, 0.4) is 0 Å². The summed E-state index contributed by atoms with van der Waals surface area (Å²) in [5, 5.41) is 10.6. The summed E-state index contributed by atoms with van der Waals surface area (Å²) < 4.78 is 68.2. The van der Waals surface area contributed by atoms with Crippen molar-refractivity contribution in [2.45, 2.75) is 393 Å². The van der Waals surface area contributed by atoms with E-state index in [4.69, 9.17) is 37.0 Å². The third-order valence-electron chi connectivity index (χ3n) is 16.8. The highest BCUT2D eigenvalue weighted by atomic mass is 31.2. The first-order chi connectivity index (χ1) is 44.0. The first-order valence-electron chi connectivity index (χ1n) is 37.6. The highest BCUT2D eigenvalue weighted by molar-refractivity contribution is 7.47. The first-order valence-corrected chi connectivity index (χ1v) is 40.6. The Kier molecular flexibility index (Phi) is 64.0. The largest absolute Gasteiger partial charge is 0.472 e. The Balaban J connectivity index is 5.15. The summed E-state index contributed by atoms with van der Waals surface area (Å²) in [5.74, 6) is -1.38. The molecule has 0 aromatic rings. The normalized spacial score (nSPS) is 14.0. The summed E-state index contributed by atoms with van der Waals surface area (Å²) in [5.41, 5.74) is 0. The number of phosphoric acid groups is 2. The average molecular weight is 1340 g/mol. The van der Waals surface area contributed by atoms with E-state index in [2.05, 4.69) is 34.6 Å². The number of hydrogen-bond donors (Lipinski definition) is 3. The summed E-state index contributed by atoms with van der Waals surface area (Å²) in [7, 11) is -9.90. The Morgan fingerprint density at radius 2 is 0.505 bits per heavy atom. The molecule has 0 aromatic heterocycles. The molecule has 0 aliphatic carbocycles. The van der Waals surface area contributed by atoms with Crippen LogP contribution in [0.5, 0.6) is 0 Å². The lowest BCUT2D eigenvalue weighted by Crippen LogP contribution is -2.30. The van der Waals surface area contributed by atoms with Crippen LogP contribution in [0.2, 0.25) is 0 Å².